The topological polar surface area (TPSA) is 181 Å². The number of rotatable bonds is 3. The average molecular weight is 383 g/mol. The zero-order chi connectivity index (χ0) is 19.0. The molecule has 148 valence electrons. The predicted molar refractivity (Wildman–Crippen MR) is 92.1 cm³/mol. The minimum atomic E-state index is -1.43. The second-order valence-corrected chi connectivity index (χ2v) is 6.19. The monoisotopic (exact) mass is 383 g/mol. The Balaban J connectivity index is 0.00000261. The number of carbonyl (C=O) groups excluding carboxylic acids is 1. The van der Waals surface area contributed by atoms with Crippen molar-refractivity contribution in [3.05, 3.63) is 40.2 Å². The van der Waals surface area contributed by atoms with Gasteiger partial charge in [-0.15, -0.1) is 0 Å². The van der Waals surface area contributed by atoms with Crippen LogP contribution in [0.3, 0.4) is 0 Å². The Morgan fingerprint density at radius 3 is 2.56 bits per heavy atom. The number of hydrogen-bond donors (Lipinski definition) is 5. The van der Waals surface area contributed by atoms with Crippen LogP contribution < -0.4 is 10.9 Å². The van der Waals surface area contributed by atoms with E-state index in [2.05, 4.69) is 5.32 Å². The standard InChI is InChI=1S/C17H19NO8.H2O/c1-7(20)18-14-16(24)15(23)12(6-19)26-17(14)9-4-8-2-3-13(22)25-11(8)5-10(9)21;/h2-5,12,14-17,19,21,23-24H,6H2,1H3,(H,18,20);1H2/t12-,14+,15-,16-,17+;/m1./s1. The molecule has 0 aliphatic carbocycles. The maximum atomic E-state index is 11.5. The van der Waals surface area contributed by atoms with Crippen molar-refractivity contribution in [2.45, 2.75) is 37.4 Å². The number of phenolic OH excluding ortho intramolecular Hbond substituents is 1. The van der Waals surface area contributed by atoms with E-state index in [4.69, 9.17) is 9.15 Å². The summed E-state index contributed by atoms with van der Waals surface area (Å²) in [4.78, 5) is 22.8. The van der Waals surface area contributed by atoms with Crippen molar-refractivity contribution in [3.8, 4) is 5.75 Å². The molecule has 10 heteroatoms. The van der Waals surface area contributed by atoms with Gasteiger partial charge in [-0.05, 0) is 12.1 Å². The zero-order valence-corrected chi connectivity index (χ0v) is 14.3. The van der Waals surface area contributed by atoms with Crippen LogP contribution in [-0.2, 0) is 9.53 Å². The predicted octanol–water partition coefficient (Wildman–Crippen LogP) is -1.67. The third kappa shape index (κ3) is 3.94. The highest BCUT2D eigenvalue weighted by Gasteiger charge is 2.46. The normalized spacial score (nSPS) is 27.8. The van der Waals surface area contributed by atoms with Gasteiger partial charge in [0.15, 0.2) is 0 Å². The molecule has 2 aromatic rings. The molecule has 3 rings (SSSR count). The molecule has 0 saturated carbocycles. The third-order valence-electron chi connectivity index (χ3n) is 4.37. The molecule has 7 N–H and O–H groups in total. The van der Waals surface area contributed by atoms with Crippen molar-refractivity contribution in [2.24, 2.45) is 0 Å². The van der Waals surface area contributed by atoms with Crippen molar-refractivity contribution in [3.63, 3.8) is 0 Å². The summed E-state index contributed by atoms with van der Waals surface area (Å²) in [5, 5.41) is 43.2. The maximum Gasteiger partial charge on any atom is 0.336 e. The molecule has 1 saturated heterocycles. The van der Waals surface area contributed by atoms with E-state index in [0.717, 1.165) is 0 Å². The Kier molecular flexibility index (Phi) is 6.19. The number of aliphatic hydroxyl groups is 3. The summed E-state index contributed by atoms with van der Waals surface area (Å²) < 4.78 is 10.6. The molecule has 0 spiro atoms. The van der Waals surface area contributed by atoms with E-state index in [-0.39, 0.29) is 22.4 Å². The first kappa shape index (κ1) is 20.8. The lowest BCUT2D eigenvalue weighted by atomic mass is 9.88. The number of nitrogens with one attached hydrogen (secondary N) is 1. The molecule has 5 atom stereocenters. The van der Waals surface area contributed by atoms with Crippen LogP contribution in [0.1, 0.15) is 18.6 Å². The number of phenols is 1. The summed E-state index contributed by atoms with van der Waals surface area (Å²) in [6.45, 7) is 0.675. The molecule has 1 aromatic heterocycles. The van der Waals surface area contributed by atoms with E-state index in [0.29, 0.717) is 5.39 Å². The first-order valence-corrected chi connectivity index (χ1v) is 7.98. The number of aromatic hydroxyl groups is 1. The van der Waals surface area contributed by atoms with Gasteiger partial charge in [-0.25, -0.2) is 4.79 Å². The average Bonchev–Trinajstić information content (AvgIpc) is 2.58. The van der Waals surface area contributed by atoms with Crippen molar-refractivity contribution in [2.75, 3.05) is 6.61 Å². The summed E-state index contributed by atoms with van der Waals surface area (Å²) in [7, 11) is 0. The molecule has 1 aliphatic heterocycles. The fourth-order valence-corrected chi connectivity index (χ4v) is 3.13. The SMILES string of the molecule is CC(=O)N[C@H]1[C@@H](O)[C@H](O)[C@@H](CO)O[C@H]1c1cc2ccc(=O)oc2cc1O.O. The molecule has 10 nitrogen and oxygen atoms in total. The summed E-state index contributed by atoms with van der Waals surface area (Å²) in [6.07, 6.45) is -5.01. The smallest absolute Gasteiger partial charge is 0.336 e. The van der Waals surface area contributed by atoms with E-state index in [9.17, 15) is 30.0 Å². The van der Waals surface area contributed by atoms with Crippen LogP contribution in [0.15, 0.2) is 33.5 Å². The van der Waals surface area contributed by atoms with Gasteiger partial charge in [0, 0.05) is 30.0 Å². The molecule has 1 fully saturated rings. The van der Waals surface area contributed by atoms with Crippen LogP contribution in [0.25, 0.3) is 11.0 Å². The van der Waals surface area contributed by atoms with Crippen LogP contribution in [0.5, 0.6) is 5.75 Å². The Hall–Kier alpha value is -2.50. The Bertz CT molecular complexity index is 880. The maximum absolute atomic E-state index is 11.5. The van der Waals surface area contributed by atoms with Crippen LogP contribution in [0.2, 0.25) is 0 Å². The zero-order valence-electron chi connectivity index (χ0n) is 14.3. The number of benzene rings is 1. The Morgan fingerprint density at radius 2 is 1.93 bits per heavy atom. The first-order valence-electron chi connectivity index (χ1n) is 7.98. The van der Waals surface area contributed by atoms with Gasteiger partial charge >= 0.3 is 5.63 Å². The van der Waals surface area contributed by atoms with Gasteiger partial charge in [0.25, 0.3) is 0 Å². The number of ether oxygens (including phenoxy) is 1. The number of hydrogen-bond acceptors (Lipinski definition) is 8. The minimum absolute atomic E-state index is 0. The van der Waals surface area contributed by atoms with Crippen LogP contribution in [-0.4, -0.2) is 62.8 Å². The van der Waals surface area contributed by atoms with E-state index >= 15 is 0 Å². The molecule has 2 heterocycles. The molecular formula is C17H21NO9. The first-order chi connectivity index (χ1) is 12.3. The quantitative estimate of drug-likeness (QED) is 0.390. The lowest BCUT2D eigenvalue weighted by molar-refractivity contribution is -0.197. The summed E-state index contributed by atoms with van der Waals surface area (Å²) in [5.41, 5.74) is -0.215. The lowest BCUT2D eigenvalue weighted by Crippen LogP contribution is -2.60. The van der Waals surface area contributed by atoms with Crippen LogP contribution in [0, 0.1) is 0 Å². The molecular weight excluding hydrogens is 362 g/mol. The van der Waals surface area contributed by atoms with E-state index in [1.165, 1.54) is 31.2 Å². The van der Waals surface area contributed by atoms with Crippen molar-refractivity contribution >= 4 is 16.9 Å². The summed E-state index contributed by atoms with van der Waals surface area (Å²) in [5.74, 6) is -0.754. The third-order valence-corrected chi connectivity index (χ3v) is 4.37. The molecule has 27 heavy (non-hydrogen) atoms. The molecule has 1 aromatic carbocycles. The van der Waals surface area contributed by atoms with Crippen molar-refractivity contribution < 1.29 is 39.9 Å². The summed E-state index contributed by atoms with van der Waals surface area (Å²) >= 11 is 0. The number of aliphatic hydroxyl groups excluding tert-OH is 3. The molecule has 0 bridgehead atoms. The minimum Gasteiger partial charge on any atom is -0.507 e. The van der Waals surface area contributed by atoms with E-state index in [1.807, 2.05) is 0 Å². The second-order valence-electron chi connectivity index (χ2n) is 6.19. The number of fused-ring (bicyclic) bond motifs is 1. The molecule has 1 aliphatic rings. The van der Waals surface area contributed by atoms with Gasteiger partial charge < -0.3 is 40.4 Å². The lowest BCUT2D eigenvalue weighted by Gasteiger charge is -2.42. The van der Waals surface area contributed by atoms with Crippen molar-refractivity contribution in [1.82, 2.24) is 5.32 Å². The van der Waals surface area contributed by atoms with Gasteiger partial charge in [0.2, 0.25) is 5.91 Å². The Labute approximate surface area is 152 Å². The highest BCUT2D eigenvalue weighted by atomic mass is 16.5. The van der Waals surface area contributed by atoms with Crippen molar-refractivity contribution in [1.29, 1.82) is 0 Å². The van der Waals surface area contributed by atoms with Gasteiger partial charge in [-0.1, -0.05) is 0 Å². The Morgan fingerprint density at radius 1 is 1.22 bits per heavy atom. The highest BCUT2D eigenvalue weighted by Crippen LogP contribution is 2.38. The molecule has 0 unspecified atom stereocenters. The number of amides is 1. The fraction of sp³-hybridized carbons (Fsp3) is 0.412. The van der Waals surface area contributed by atoms with Gasteiger partial charge in [-0.2, -0.15) is 0 Å². The van der Waals surface area contributed by atoms with E-state index < -0.39 is 48.6 Å². The van der Waals surface area contributed by atoms with Crippen LogP contribution >= 0.6 is 0 Å². The number of carbonyl (C=O) groups is 1. The molecule has 1 amide bonds. The second kappa shape index (κ2) is 8.03. The largest absolute Gasteiger partial charge is 0.507 e. The van der Waals surface area contributed by atoms with E-state index in [1.54, 1.807) is 0 Å². The summed E-state index contributed by atoms with van der Waals surface area (Å²) in [6, 6.07) is 4.36. The van der Waals surface area contributed by atoms with Crippen LogP contribution in [0.4, 0.5) is 0 Å². The van der Waals surface area contributed by atoms with Gasteiger partial charge in [-0.3, -0.25) is 4.79 Å². The van der Waals surface area contributed by atoms with Gasteiger partial charge in [0.1, 0.15) is 35.7 Å². The fourth-order valence-electron chi connectivity index (χ4n) is 3.13. The highest BCUT2D eigenvalue weighted by molar-refractivity contribution is 5.79. The van der Waals surface area contributed by atoms with Gasteiger partial charge in [0.05, 0.1) is 12.6 Å². The molecule has 0 radical (unpaired) electrons.